The average Bonchev–Trinajstić information content (AvgIpc) is 3.12. The molecule has 0 bridgehead atoms. The number of fused-ring (bicyclic) bond motifs is 1. The number of benzene rings is 2. The summed E-state index contributed by atoms with van der Waals surface area (Å²) in [5.41, 5.74) is 10.2. The van der Waals surface area contributed by atoms with Crippen molar-refractivity contribution in [2.24, 2.45) is 5.73 Å². The van der Waals surface area contributed by atoms with E-state index in [4.69, 9.17) is 15.7 Å². The standard InChI is InChI=1S/C23H24N6O/c1-14-20(29(2)3)23(25-13-15-9-5-4-6-10-15)28-22(26-14)18-16-11-7-8-12-17(16)27-19(18)21(24)30/h4-12,27H,13H2,1-3H3,(H2,24,30)(H,25,26,28). The summed E-state index contributed by atoms with van der Waals surface area (Å²) in [4.78, 5) is 26.8. The van der Waals surface area contributed by atoms with Crippen molar-refractivity contribution in [1.29, 1.82) is 0 Å². The molecule has 4 N–H and O–H groups in total. The Hall–Kier alpha value is -3.87. The predicted molar refractivity (Wildman–Crippen MR) is 121 cm³/mol. The first-order valence-corrected chi connectivity index (χ1v) is 9.70. The van der Waals surface area contributed by atoms with Crippen LogP contribution in [0.2, 0.25) is 0 Å². The van der Waals surface area contributed by atoms with Crippen molar-refractivity contribution in [3.8, 4) is 11.4 Å². The maximum absolute atomic E-state index is 12.1. The number of carbonyl (C=O) groups is 1. The molecule has 4 rings (SSSR count). The lowest BCUT2D eigenvalue weighted by atomic mass is 10.1. The van der Waals surface area contributed by atoms with Gasteiger partial charge in [-0.3, -0.25) is 4.79 Å². The number of primary amides is 1. The molecule has 2 heterocycles. The van der Waals surface area contributed by atoms with E-state index in [-0.39, 0.29) is 0 Å². The van der Waals surface area contributed by atoms with Gasteiger partial charge in [-0.05, 0) is 18.6 Å². The Labute approximate surface area is 175 Å². The number of aryl methyl sites for hydroxylation is 1. The van der Waals surface area contributed by atoms with Gasteiger partial charge in [-0.2, -0.15) is 0 Å². The number of aromatic amines is 1. The van der Waals surface area contributed by atoms with Crippen LogP contribution in [-0.4, -0.2) is 35.0 Å². The third kappa shape index (κ3) is 3.57. The fourth-order valence-electron chi connectivity index (χ4n) is 3.68. The minimum atomic E-state index is -0.544. The zero-order valence-corrected chi connectivity index (χ0v) is 17.2. The molecular weight excluding hydrogens is 376 g/mol. The highest BCUT2D eigenvalue weighted by molar-refractivity contribution is 6.08. The third-order valence-corrected chi connectivity index (χ3v) is 4.98. The van der Waals surface area contributed by atoms with Crippen molar-refractivity contribution in [2.75, 3.05) is 24.3 Å². The van der Waals surface area contributed by atoms with Crippen molar-refractivity contribution in [1.82, 2.24) is 15.0 Å². The Morgan fingerprint density at radius 3 is 2.47 bits per heavy atom. The summed E-state index contributed by atoms with van der Waals surface area (Å²) >= 11 is 0. The monoisotopic (exact) mass is 400 g/mol. The maximum atomic E-state index is 12.1. The molecule has 4 aromatic rings. The lowest BCUT2D eigenvalue weighted by Crippen LogP contribution is -2.17. The van der Waals surface area contributed by atoms with Crippen LogP contribution in [0.25, 0.3) is 22.3 Å². The number of H-pyrrole nitrogens is 1. The van der Waals surface area contributed by atoms with Gasteiger partial charge < -0.3 is 20.9 Å². The van der Waals surface area contributed by atoms with E-state index in [0.717, 1.165) is 27.8 Å². The number of nitrogens with zero attached hydrogens (tertiary/aromatic N) is 3. The third-order valence-electron chi connectivity index (χ3n) is 4.98. The maximum Gasteiger partial charge on any atom is 0.265 e. The largest absolute Gasteiger partial charge is 0.373 e. The number of rotatable bonds is 6. The normalized spacial score (nSPS) is 10.9. The van der Waals surface area contributed by atoms with Gasteiger partial charge in [0.1, 0.15) is 11.4 Å². The fourth-order valence-corrected chi connectivity index (χ4v) is 3.68. The smallest absolute Gasteiger partial charge is 0.265 e. The number of hydrogen-bond donors (Lipinski definition) is 3. The number of amides is 1. The van der Waals surface area contributed by atoms with Gasteiger partial charge in [0.2, 0.25) is 0 Å². The molecule has 0 atom stereocenters. The Kier molecular flexibility index (Phi) is 5.10. The molecule has 0 unspecified atom stereocenters. The lowest BCUT2D eigenvalue weighted by Gasteiger charge is -2.20. The van der Waals surface area contributed by atoms with Crippen LogP contribution in [0.15, 0.2) is 54.6 Å². The second-order valence-corrected chi connectivity index (χ2v) is 7.35. The number of nitrogens with one attached hydrogen (secondary N) is 2. The fraction of sp³-hybridized carbons (Fsp3) is 0.174. The van der Waals surface area contributed by atoms with Crippen LogP contribution < -0.4 is 16.0 Å². The van der Waals surface area contributed by atoms with E-state index in [1.165, 1.54) is 0 Å². The quantitative estimate of drug-likeness (QED) is 0.458. The van der Waals surface area contributed by atoms with Gasteiger partial charge >= 0.3 is 0 Å². The molecule has 7 heteroatoms. The molecule has 7 nitrogen and oxygen atoms in total. The minimum absolute atomic E-state index is 0.308. The van der Waals surface area contributed by atoms with Crippen molar-refractivity contribution < 1.29 is 4.79 Å². The van der Waals surface area contributed by atoms with E-state index < -0.39 is 5.91 Å². The first-order chi connectivity index (χ1) is 14.5. The van der Waals surface area contributed by atoms with Gasteiger partial charge in [0.25, 0.3) is 5.91 Å². The highest BCUT2D eigenvalue weighted by Gasteiger charge is 2.22. The topological polar surface area (TPSA) is 99.9 Å². The van der Waals surface area contributed by atoms with Gasteiger partial charge in [-0.25, -0.2) is 9.97 Å². The number of para-hydroxylation sites is 1. The molecule has 0 spiro atoms. The lowest BCUT2D eigenvalue weighted by molar-refractivity contribution is 0.0997. The Balaban J connectivity index is 1.86. The van der Waals surface area contributed by atoms with Gasteiger partial charge in [0, 0.05) is 31.5 Å². The number of hydrogen-bond acceptors (Lipinski definition) is 5. The van der Waals surface area contributed by atoms with E-state index in [2.05, 4.69) is 22.4 Å². The molecule has 0 aliphatic carbocycles. The Bertz CT molecular complexity index is 1210. The second-order valence-electron chi connectivity index (χ2n) is 7.35. The number of anilines is 2. The predicted octanol–water partition coefficient (Wildman–Crippen LogP) is 3.71. The Morgan fingerprint density at radius 2 is 1.77 bits per heavy atom. The summed E-state index contributed by atoms with van der Waals surface area (Å²) in [5.74, 6) is 0.616. The molecule has 0 saturated heterocycles. The van der Waals surface area contributed by atoms with Crippen molar-refractivity contribution in [2.45, 2.75) is 13.5 Å². The van der Waals surface area contributed by atoms with Gasteiger partial charge in [-0.1, -0.05) is 48.5 Å². The van der Waals surface area contributed by atoms with E-state index in [1.807, 2.05) is 68.4 Å². The van der Waals surface area contributed by atoms with Crippen LogP contribution >= 0.6 is 0 Å². The molecular formula is C23H24N6O. The second kappa shape index (κ2) is 7.87. The molecule has 152 valence electrons. The van der Waals surface area contributed by atoms with Crippen molar-refractivity contribution in [3.05, 3.63) is 71.5 Å². The van der Waals surface area contributed by atoms with Crippen LogP contribution in [0.5, 0.6) is 0 Å². The summed E-state index contributed by atoms with van der Waals surface area (Å²) < 4.78 is 0. The molecule has 1 amide bonds. The summed E-state index contributed by atoms with van der Waals surface area (Å²) in [7, 11) is 3.92. The van der Waals surface area contributed by atoms with E-state index in [9.17, 15) is 4.79 Å². The van der Waals surface area contributed by atoms with Crippen LogP contribution in [0, 0.1) is 6.92 Å². The molecule has 0 aliphatic heterocycles. The number of nitrogens with two attached hydrogens (primary N) is 1. The first-order valence-electron chi connectivity index (χ1n) is 9.70. The highest BCUT2D eigenvalue weighted by atomic mass is 16.1. The molecule has 2 aromatic carbocycles. The van der Waals surface area contributed by atoms with Crippen LogP contribution in [-0.2, 0) is 6.54 Å². The van der Waals surface area contributed by atoms with Crippen molar-refractivity contribution >= 4 is 28.3 Å². The van der Waals surface area contributed by atoms with Gasteiger partial charge in [-0.15, -0.1) is 0 Å². The molecule has 0 radical (unpaired) electrons. The Morgan fingerprint density at radius 1 is 1.07 bits per heavy atom. The SMILES string of the molecule is Cc1nc(-c2c(C(N)=O)[nH]c3ccccc23)nc(NCc2ccccc2)c1N(C)C. The van der Waals surface area contributed by atoms with Crippen molar-refractivity contribution in [3.63, 3.8) is 0 Å². The number of aromatic nitrogens is 3. The van der Waals surface area contributed by atoms with Crippen LogP contribution in [0.3, 0.4) is 0 Å². The number of carbonyl (C=O) groups excluding carboxylic acids is 1. The van der Waals surface area contributed by atoms with E-state index >= 15 is 0 Å². The van der Waals surface area contributed by atoms with Gasteiger partial charge in [0.15, 0.2) is 11.6 Å². The summed E-state index contributed by atoms with van der Waals surface area (Å²) in [6, 6.07) is 17.8. The molecule has 0 fully saturated rings. The van der Waals surface area contributed by atoms with Crippen LogP contribution in [0.1, 0.15) is 21.7 Å². The minimum Gasteiger partial charge on any atom is -0.373 e. The van der Waals surface area contributed by atoms with E-state index in [0.29, 0.717) is 29.4 Å². The van der Waals surface area contributed by atoms with E-state index in [1.54, 1.807) is 0 Å². The zero-order chi connectivity index (χ0) is 21.3. The van der Waals surface area contributed by atoms with Gasteiger partial charge in [0.05, 0.1) is 11.3 Å². The molecule has 30 heavy (non-hydrogen) atoms. The summed E-state index contributed by atoms with van der Waals surface area (Å²) in [6.07, 6.45) is 0. The highest BCUT2D eigenvalue weighted by Crippen LogP contribution is 2.34. The summed E-state index contributed by atoms with van der Waals surface area (Å²) in [5, 5.41) is 4.29. The first kappa shape index (κ1) is 19.4. The average molecular weight is 400 g/mol. The molecule has 0 aliphatic rings. The summed E-state index contributed by atoms with van der Waals surface area (Å²) in [6.45, 7) is 2.56. The van der Waals surface area contributed by atoms with Crippen LogP contribution in [0.4, 0.5) is 11.5 Å². The molecule has 0 saturated carbocycles. The molecule has 2 aromatic heterocycles. The zero-order valence-electron chi connectivity index (χ0n) is 17.2.